The molecule has 34 valence electrons. The van der Waals surface area contributed by atoms with Gasteiger partial charge in [0.2, 0.25) is 0 Å². The summed E-state index contributed by atoms with van der Waals surface area (Å²) in [4.78, 5) is 0. The van der Waals surface area contributed by atoms with Crippen molar-refractivity contribution in [2.75, 3.05) is 0 Å². The standard InChI is InChI=1S/2Mn.3O.Zn/q2*+2;3*-2;+2. The summed E-state index contributed by atoms with van der Waals surface area (Å²) in [6.45, 7) is 0. The molecule has 6 heteroatoms. The van der Waals surface area contributed by atoms with Crippen LogP contribution in [0.25, 0.3) is 0 Å². The van der Waals surface area contributed by atoms with Gasteiger partial charge in [0.25, 0.3) is 0 Å². The molecule has 0 fully saturated rings. The molecule has 0 spiro atoms. The van der Waals surface area contributed by atoms with Gasteiger partial charge < -0.3 is 16.4 Å². The van der Waals surface area contributed by atoms with Gasteiger partial charge in [0, 0.05) is 0 Å². The van der Waals surface area contributed by atoms with E-state index in [-0.39, 0.29) is 70.0 Å². The van der Waals surface area contributed by atoms with E-state index in [1.807, 2.05) is 0 Å². The molecule has 0 aromatic rings. The van der Waals surface area contributed by atoms with Crippen molar-refractivity contribution in [3.63, 3.8) is 0 Å². The Labute approximate surface area is 69.9 Å². The summed E-state index contributed by atoms with van der Waals surface area (Å²) in [5.74, 6) is 0. The summed E-state index contributed by atoms with van der Waals surface area (Å²) in [6.07, 6.45) is 0. The maximum Gasteiger partial charge on any atom is 2.00 e. The fourth-order valence-corrected chi connectivity index (χ4v) is 0. The maximum atomic E-state index is 0. The molecule has 0 saturated heterocycles. The van der Waals surface area contributed by atoms with Crippen LogP contribution in [0.5, 0.6) is 0 Å². The minimum Gasteiger partial charge on any atom is -2.00 e. The average molecular weight is 223 g/mol. The van der Waals surface area contributed by atoms with Gasteiger partial charge in [-0.1, -0.05) is 0 Å². The molecule has 0 saturated carbocycles. The minimum absolute atomic E-state index is 0. The van der Waals surface area contributed by atoms with Gasteiger partial charge in [0.15, 0.2) is 0 Å². The predicted octanol–water partition coefficient (Wildman–Crippen LogP) is -0.364. The molecule has 0 heterocycles. The Morgan fingerprint density at radius 2 is 0.500 bits per heavy atom. The van der Waals surface area contributed by atoms with E-state index in [4.69, 9.17) is 0 Å². The maximum absolute atomic E-state index is 0. The second kappa shape index (κ2) is 84.5. The quantitative estimate of drug-likeness (QED) is 0.502. The van der Waals surface area contributed by atoms with Crippen molar-refractivity contribution in [1.82, 2.24) is 0 Å². The van der Waals surface area contributed by atoms with Crippen LogP contribution in [0, 0.1) is 0 Å². The SMILES string of the molecule is [Mn+2].[Mn+2].[O-2].[O-2].[O-2].[Zn+2]. The third kappa shape index (κ3) is 48.1. The zero-order valence-corrected chi connectivity index (χ0v) is 8.02. The van der Waals surface area contributed by atoms with Gasteiger partial charge in [0.1, 0.15) is 0 Å². The molecule has 6 heavy (non-hydrogen) atoms. The molecule has 0 aromatic carbocycles. The van der Waals surface area contributed by atoms with Crippen LogP contribution in [0.15, 0.2) is 0 Å². The Balaban J connectivity index is 0. The smallest absolute Gasteiger partial charge is 2.00 e. The van der Waals surface area contributed by atoms with E-state index in [0.717, 1.165) is 0 Å². The van der Waals surface area contributed by atoms with E-state index in [1.165, 1.54) is 0 Å². The molecule has 0 N–H and O–H groups in total. The largest absolute Gasteiger partial charge is 2.00 e. The first kappa shape index (κ1) is 136. The van der Waals surface area contributed by atoms with Crippen molar-refractivity contribution in [3.05, 3.63) is 0 Å². The zero-order chi connectivity index (χ0) is 0. The Bertz CT molecular complexity index is 8.75. The van der Waals surface area contributed by atoms with E-state index < -0.39 is 0 Å². The zero-order valence-electron chi connectivity index (χ0n) is 2.69. The van der Waals surface area contributed by atoms with Crippen molar-refractivity contribution in [2.45, 2.75) is 0 Å². The summed E-state index contributed by atoms with van der Waals surface area (Å²) in [6, 6.07) is 0. The summed E-state index contributed by atoms with van der Waals surface area (Å²) < 4.78 is 0. The van der Waals surface area contributed by atoms with Crippen molar-refractivity contribution < 1.29 is 70.0 Å². The van der Waals surface area contributed by atoms with E-state index >= 15 is 0 Å². The van der Waals surface area contributed by atoms with Crippen molar-refractivity contribution in [2.24, 2.45) is 0 Å². The number of rotatable bonds is 0. The number of hydrogen-bond acceptors (Lipinski definition) is 0. The van der Waals surface area contributed by atoms with Crippen LogP contribution < -0.4 is 0 Å². The first-order valence-corrected chi connectivity index (χ1v) is 0. The van der Waals surface area contributed by atoms with E-state index in [9.17, 15) is 0 Å². The summed E-state index contributed by atoms with van der Waals surface area (Å²) >= 11 is 0. The van der Waals surface area contributed by atoms with Crippen molar-refractivity contribution in [3.8, 4) is 0 Å². The Hall–Kier alpha value is 1.54. The molecule has 0 aromatic heterocycles. The summed E-state index contributed by atoms with van der Waals surface area (Å²) in [5.41, 5.74) is 0. The Kier molecular flexibility index (Phi) is 1910. The van der Waals surface area contributed by atoms with Crippen LogP contribution in [0.3, 0.4) is 0 Å². The third-order valence-corrected chi connectivity index (χ3v) is 0. The second-order valence-electron chi connectivity index (χ2n) is 0. The fraction of sp³-hybridized carbons (Fsp3) is 0. The van der Waals surface area contributed by atoms with Crippen LogP contribution >= 0.6 is 0 Å². The van der Waals surface area contributed by atoms with Gasteiger partial charge >= 0.3 is 53.6 Å². The van der Waals surface area contributed by atoms with Gasteiger partial charge in [-0.15, -0.1) is 0 Å². The molecular formula is Mn2O3Zn. The fourth-order valence-electron chi connectivity index (χ4n) is 0. The molecule has 0 amide bonds. The molecule has 0 aliphatic heterocycles. The minimum atomic E-state index is 0. The molecule has 3 nitrogen and oxygen atoms in total. The van der Waals surface area contributed by atoms with Crippen LogP contribution in [-0.4, -0.2) is 0 Å². The average Bonchev–Trinajstić information content (AvgIpc) is 0. The van der Waals surface area contributed by atoms with Crippen LogP contribution in [-0.2, 0) is 70.0 Å². The van der Waals surface area contributed by atoms with Crippen molar-refractivity contribution in [1.29, 1.82) is 0 Å². The van der Waals surface area contributed by atoms with E-state index in [0.29, 0.717) is 0 Å². The first-order valence-electron chi connectivity index (χ1n) is 0. The van der Waals surface area contributed by atoms with Gasteiger partial charge in [0.05, 0.1) is 0 Å². The summed E-state index contributed by atoms with van der Waals surface area (Å²) in [7, 11) is 0. The van der Waals surface area contributed by atoms with Gasteiger partial charge in [-0.25, -0.2) is 0 Å². The topological polar surface area (TPSA) is 85.5 Å². The van der Waals surface area contributed by atoms with Gasteiger partial charge in [-0.05, 0) is 0 Å². The molecule has 2 radical (unpaired) electrons. The van der Waals surface area contributed by atoms with Crippen molar-refractivity contribution >= 4 is 0 Å². The molecule has 0 rings (SSSR count). The predicted molar refractivity (Wildman–Crippen MR) is 2.06 cm³/mol. The monoisotopic (exact) mass is 222 g/mol. The van der Waals surface area contributed by atoms with Crippen LogP contribution in [0.2, 0.25) is 0 Å². The van der Waals surface area contributed by atoms with Gasteiger partial charge in [-0.3, -0.25) is 0 Å². The second-order valence-corrected chi connectivity index (χ2v) is 0. The number of hydrogen-bond donors (Lipinski definition) is 0. The Morgan fingerprint density at radius 3 is 0.500 bits per heavy atom. The van der Waals surface area contributed by atoms with Crippen LogP contribution in [0.1, 0.15) is 0 Å². The molecule has 0 aliphatic rings. The van der Waals surface area contributed by atoms with Crippen LogP contribution in [0.4, 0.5) is 0 Å². The van der Waals surface area contributed by atoms with E-state index in [2.05, 4.69) is 0 Å². The first-order chi connectivity index (χ1) is 0. The molecule has 0 bridgehead atoms. The molecule has 0 aliphatic carbocycles. The van der Waals surface area contributed by atoms with E-state index in [1.54, 1.807) is 0 Å². The Morgan fingerprint density at radius 1 is 0.500 bits per heavy atom. The summed E-state index contributed by atoms with van der Waals surface area (Å²) in [5, 5.41) is 0. The third-order valence-electron chi connectivity index (χ3n) is 0. The molecule has 0 unspecified atom stereocenters. The van der Waals surface area contributed by atoms with Gasteiger partial charge in [-0.2, -0.15) is 0 Å². The normalized spacial score (nSPS) is 0. The molecule has 0 atom stereocenters. The molecular weight excluding hydrogens is 223 g/mol.